The van der Waals surface area contributed by atoms with Crippen LogP contribution in [0.5, 0.6) is 11.6 Å². The third kappa shape index (κ3) is 3.88. The fourth-order valence-electron chi connectivity index (χ4n) is 2.25. The molecule has 0 aliphatic heterocycles. The van der Waals surface area contributed by atoms with Gasteiger partial charge in [0.15, 0.2) is 6.79 Å². The summed E-state index contributed by atoms with van der Waals surface area (Å²) in [6.45, 7) is 0.231. The monoisotopic (exact) mass is 322 g/mol. The first-order valence-electron chi connectivity index (χ1n) is 7.49. The molecule has 5 heteroatoms. The fourth-order valence-corrected chi connectivity index (χ4v) is 2.25. The molecule has 0 unspecified atom stereocenters. The van der Waals surface area contributed by atoms with Crippen molar-refractivity contribution in [1.82, 2.24) is 9.97 Å². The quantitative estimate of drug-likeness (QED) is 0.646. The Labute approximate surface area is 140 Å². The number of hydrogen-bond donors (Lipinski definition) is 0. The second-order valence-electron chi connectivity index (χ2n) is 5.11. The molecule has 0 N–H and O–H groups in total. The summed E-state index contributed by atoms with van der Waals surface area (Å²) in [6.07, 6.45) is 5.66. The van der Waals surface area contributed by atoms with Crippen LogP contribution in [0.3, 0.4) is 0 Å². The van der Waals surface area contributed by atoms with Crippen molar-refractivity contribution >= 4 is 23.1 Å². The van der Waals surface area contributed by atoms with Gasteiger partial charge in [0.2, 0.25) is 5.88 Å². The van der Waals surface area contributed by atoms with E-state index in [0.29, 0.717) is 5.88 Å². The second kappa shape index (κ2) is 7.57. The van der Waals surface area contributed by atoms with Gasteiger partial charge in [-0.1, -0.05) is 12.1 Å². The predicted molar refractivity (Wildman–Crippen MR) is 94.0 cm³/mol. The van der Waals surface area contributed by atoms with Crippen LogP contribution in [0.25, 0.3) is 23.1 Å². The van der Waals surface area contributed by atoms with Gasteiger partial charge in [0.1, 0.15) is 5.75 Å². The van der Waals surface area contributed by atoms with Crippen LogP contribution in [-0.2, 0) is 4.74 Å². The number of nitrogens with zero attached hydrogens (tertiary/aromatic N) is 2. The van der Waals surface area contributed by atoms with Crippen LogP contribution in [0, 0.1) is 0 Å². The highest BCUT2D eigenvalue weighted by atomic mass is 16.7. The lowest BCUT2D eigenvalue weighted by Crippen LogP contribution is -1.98. The van der Waals surface area contributed by atoms with E-state index in [-0.39, 0.29) is 6.79 Å². The lowest BCUT2D eigenvalue weighted by molar-refractivity contribution is 0.0512. The summed E-state index contributed by atoms with van der Waals surface area (Å²) in [5.74, 6) is 1.35. The van der Waals surface area contributed by atoms with Gasteiger partial charge < -0.3 is 14.2 Å². The zero-order valence-corrected chi connectivity index (χ0v) is 13.6. The fraction of sp³-hybridized carbons (Fsp3) is 0.158. The largest absolute Gasteiger partial charge is 0.481 e. The van der Waals surface area contributed by atoms with Crippen LogP contribution >= 0.6 is 0 Å². The van der Waals surface area contributed by atoms with Gasteiger partial charge in [0, 0.05) is 24.8 Å². The Kier molecular flexibility index (Phi) is 5.03. The van der Waals surface area contributed by atoms with Gasteiger partial charge in [-0.3, -0.25) is 0 Å². The maximum Gasteiger partial charge on any atom is 0.213 e. The normalized spacial score (nSPS) is 11.1. The van der Waals surface area contributed by atoms with Gasteiger partial charge in [0.25, 0.3) is 0 Å². The molecule has 0 bridgehead atoms. The Hall–Kier alpha value is -2.92. The molecule has 0 radical (unpaired) electrons. The van der Waals surface area contributed by atoms with E-state index in [1.54, 1.807) is 20.4 Å². The van der Waals surface area contributed by atoms with Crippen molar-refractivity contribution in [3.63, 3.8) is 0 Å². The van der Waals surface area contributed by atoms with Gasteiger partial charge in [0.05, 0.1) is 18.3 Å². The van der Waals surface area contributed by atoms with Crippen molar-refractivity contribution < 1.29 is 14.2 Å². The van der Waals surface area contributed by atoms with Crippen LogP contribution in [-0.4, -0.2) is 31.0 Å². The SMILES string of the molecule is COCOc1ccc2nc(/C=C/c3ccnc(OC)c3)ccc2c1. The molecule has 1 aromatic carbocycles. The van der Waals surface area contributed by atoms with Crippen LogP contribution < -0.4 is 9.47 Å². The average molecular weight is 322 g/mol. The topological polar surface area (TPSA) is 53.5 Å². The molecule has 0 aliphatic rings. The molecular formula is C19H18N2O3. The molecule has 24 heavy (non-hydrogen) atoms. The lowest BCUT2D eigenvalue weighted by Gasteiger charge is -2.06. The highest BCUT2D eigenvalue weighted by Gasteiger charge is 2.00. The second-order valence-corrected chi connectivity index (χ2v) is 5.11. The van der Waals surface area contributed by atoms with E-state index in [1.807, 2.05) is 54.6 Å². The first kappa shape index (κ1) is 16.0. The molecule has 0 amide bonds. The van der Waals surface area contributed by atoms with Gasteiger partial charge in [-0.05, 0) is 42.0 Å². The standard InChI is InChI=1S/C19H18N2O3/c1-22-13-24-17-7-8-18-15(12-17)4-6-16(21-18)5-3-14-9-10-20-19(11-14)23-2/h3-12H,13H2,1-2H3/b5-3+. The Bertz CT molecular complexity index is 862. The number of aromatic nitrogens is 2. The summed E-state index contributed by atoms with van der Waals surface area (Å²) >= 11 is 0. The number of hydrogen-bond acceptors (Lipinski definition) is 5. The Morgan fingerprint density at radius 3 is 2.75 bits per heavy atom. The molecule has 2 aromatic heterocycles. The van der Waals surface area contributed by atoms with E-state index in [1.165, 1.54) is 0 Å². The molecule has 0 atom stereocenters. The minimum absolute atomic E-state index is 0.231. The molecular weight excluding hydrogens is 304 g/mol. The highest BCUT2D eigenvalue weighted by Crippen LogP contribution is 2.21. The van der Waals surface area contributed by atoms with Crippen LogP contribution in [0.15, 0.2) is 48.7 Å². The first-order valence-corrected chi connectivity index (χ1v) is 7.49. The van der Waals surface area contributed by atoms with Crippen molar-refractivity contribution in [2.24, 2.45) is 0 Å². The summed E-state index contributed by atoms with van der Waals surface area (Å²) in [5.41, 5.74) is 2.80. The van der Waals surface area contributed by atoms with E-state index in [2.05, 4.69) is 9.97 Å². The van der Waals surface area contributed by atoms with Gasteiger partial charge in [-0.25, -0.2) is 9.97 Å². The zero-order valence-electron chi connectivity index (χ0n) is 13.6. The van der Waals surface area contributed by atoms with Crippen molar-refractivity contribution in [2.45, 2.75) is 0 Å². The molecule has 2 heterocycles. The van der Waals surface area contributed by atoms with Crippen LogP contribution in [0.4, 0.5) is 0 Å². The minimum Gasteiger partial charge on any atom is -0.481 e. The maximum atomic E-state index is 5.44. The Morgan fingerprint density at radius 2 is 1.92 bits per heavy atom. The minimum atomic E-state index is 0.231. The number of pyridine rings is 2. The molecule has 0 spiro atoms. The molecule has 122 valence electrons. The van der Waals surface area contributed by atoms with Gasteiger partial charge >= 0.3 is 0 Å². The highest BCUT2D eigenvalue weighted by molar-refractivity contribution is 5.82. The summed E-state index contributed by atoms with van der Waals surface area (Å²) in [5, 5.41) is 1.02. The number of rotatable bonds is 6. The van der Waals surface area contributed by atoms with Gasteiger partial charge in [-0.2, -0.15) is 0 Å². The summed E-state index contributed by atoms with van der Waals surface area (Å²) in [7, 11) is 3.20. The van der Waals surface area contributed by atoms with Crippen molar-refractivity contribution in [1.29, 1.82) is 0 Å². The van der Waals surface area contributed by atoms with E-state index in [4.69, 9.17) is 14.2 Å². The number of ether oxygens (including phenoxy) is 3. The van der Waals surface area contributed by atoms with Gasteiger partial charge in [-0.15, -0.1) is 0 Å². The number of methoxy groups -OCH3 is 2. The molecule has 3 aromatic rings. The summed E-state index contributed by atoms with van der Waals surface area (Å²) in [4.78, 5) is 8.72. The van der Waals surface area contributed by atoms with Crippen molar-refractivity contribution in [3.8, 4) is 11.6 Å². The smallest absolute Gasteiger partial charge is 0.213 e. The Balaban J connectivity index is 1.81. The van der Waals surface area contributed by atoms with Crippen LogP contribution in [0.1, 0.15) is 11.3 Å². The summed E-state index contributed by atoms with van der Waals surface area (Å²) in [6, 6.07) is 13.5. The molecule has 0 aliphatic carbocycles. The molecule has 0 fully saturated rings. The molecule has 3 rings (SSSR count). The van der Waals surface area contributed by atoms with Crippen molar-refractivity contribution in [2.75, 3.05) is 21.0 Å². The van der Waals surface area contributed by atoms with E-state index in [9.17, 15) is 0 Å². The van der Waals surface area contributed by atoms with E-state index in [0.717, 1.165) is 27.9 Å². The zero-order chi connectivity index (χ0) is 16.8. The third-order valence-electron chi connectivity index (χ3n) is 3.44. The van der Waals surface area contributed by atoms with E-state index >= 15 is 0 Å². The number of fused-ring (bicyclic) bond motifs is 1. The van der Waals surface area contributed by atoms with Crippen molar-refractivity contribution in [3.05, 3.63) is 59.9 Å². The predicted octanol–water partition coefficient (Wildman–Crippen LogP) is 3.79. The maximum absolute atomic E-state index is 5.44. The number of benzene rings is 1. The van der Waals surface area contributed by atoms with E-state index < -0.39 is 0 Å². The average Bonchev–Trinajstić information content (AvgIpc) is 2.64. The first-order chi connectivity index (χ1) is 11.8. The third-order valence-corrected chi connectivity index (χ3v) is 3.44. The molecule has 0 saturated carbocycles. The van der Waals surface area contributed by atoms with Crippen LogP contribution in [0.2, 0.25) is 0 Å². The summed E-state index contributed by atoms with van der Waals surface area (Å²) < 4.78 is 15.5. The lowest BCUT2D eigenvalue weighted by atomic mass is 10.1. The molecule has 5 nitrogen and oxygen atoms in total. The Morgan fingerprint density at radius 1 is 1.00 bits per heavy atom. The molecule has 0 saturated heterocycles.